The van der Waals surface area contributed by atoms with E-state index in [1.807, 2.05) is 12.2 Å². The summed E-state index contributed by atoms with van der Waals surface area (Å²) in [6, 6.07) is 0.343. The molecular formula is C8H11N. The van der Waals surface area contributed by atoms with E-state index in [2.05, 4.69) is 24.6 Å². The highest BCUT2D eigenvalue weighted by atomic mass is 14.9. The van der Waals surface area contributed by atoms with Crippen molar-refractivity contribution in [2.75, 3.05) is 6.54 Å². The van der Waals surface area contributed by atoms with Gasteiger partial charge >= 0.3 is 0 Å². The minimum absolute atomic E-state index is 0.343. The monoisotopic (exact) mass is 121 g/mol. The molecule has 0 spiro atoms. The van der Waals surface area contributed by atoms with E-state index in [9.17, 15) is 0 Å². The van der Waals surface area contributed by atoms with Gasteiger partial charge in [0.2, 0.25) is 0 Å². The molecule has 0 unspecified atom stereocenters. The van der Waals surface area contributed by atoms with E-state index in [4.69, 9.17) is 0 Å². The fraction of sp³-hybridized carbons (Fsp3) is 0.250. The van der Waals surface area contributed by atoms with Gasteiger partial charge in [0.15, 0.2) is 0 Å². The summed E-state index contributed by atoms with van der Waals surface area (Å²) in [4.78, 5) is 0. The van der Waals surface area contributed by atoms with Crippen molar-refractivity contribution in [3.8, 4) is 0 Å². The third kappa shape index (κ3) is 1.54. The molecule has 0 saturated heterocycles. The first-order valence-electron chi connectivity index (χ1n) is 3.05. The molecule has 1 heteroatoms. The summed E-state index contributed by atoms with van der Waals surface area (Å²) in [6.45, 7) is 8.35. The molecule has 0 aromatic heterocycles. The quantitative estimate of drug-likeness (QED) is 0.515. The van der Waals surface area contributed by atoms with Gasteiger partial charge in [-0.25, -0.2) is 0 Å². The Morgan fingerprint density at radius 3 is 3.00 bits per heavy atom. The van der Waals surface area contributed by atoms with Crippen LogP contribution in [0.15, 0.2) is 37.0 Å². The average molecular weight is 121 g/mol. The van der Waals surface area contributed by atoms with Gasteiger partial charge in [0.05, 0.1) is 0 Å². The molecule has 1 aliphatic rings. The van der Waals surface area contributed by atoms with E-state index in [0.717, 1.165) is 12.1 Å². The lowest BCUT2D eigenvalue weighted by Crippen LogP contribution is -2.29. The smallest absolute Gasteiger partial charge is 0.0438 e. The van der Waals surface area contributed by atoms with Gasteiger partial charge in [0.25, 0.3) is 0 Å². The van der Waals surface area contributed by atoms with Crippen LogP contribution < -0.4 is 5.32 Å². The molecule has 1 N–H and O–H groups in total. The first-order chi connectivity index (χ1) is 4.33. The molecule has 0 bridgehead atoms. The van der Waals surface area contributed by atoms with Crippen LogP contribution in [0.3, 0.4) is 0 Å². The normalized spacial score (nSPS) is 26.2. The maximum Gasteiger partial charge on any atom is 0.0438 e. The first kappa shape index (κ1) is 6.30. The minimum atomic E-state index is 0.343. The maximum absolute atomic E-state index is 3.80. The van der Waals surface area contributed by atoms with Crippen LogP contribution in [-0.4, -0.2) is 12.6 Å². The highest BCUT2D eigenvalue weighted by Gasteiger charge is 2.02. The van der Waals surface area contributed by atoms with Crippen molar-refractivity contribution in [3.05, 3.63) is 37.0 Å². The molecule has 0 radical (unpaired) electrons. The van der Waals surface area contributed by atoms with E-state index in [1.165, 1.54) is 0 Å². The van der Waals surface area contributed by atoms with Crippen molar-refractivity contribution >= 4 is 0 Å². The first-order valence-corrected chi connectivity index (χ1v) is 3.05. The fourth-order valence-corrected chi connectivity index (χ4v) is 0.778. The number of hydrogen-bond donors (Lipinski definition) is 1. The second kappa shape index (κ2) is 2.65. The van der Waals surface area contributed by atoms with Gasteiger partial charge in [0.1, 0.15) is 0 Å². The molecule has 1 aliphatic heterocycles. The topological polar surface area (TPSA) is 12.0 Å². The van der Waals surface area contributed by atoms with Crippen LogP contribution in [0.2, 0.25) is 0 Å². The Morgan fingerprint density at radius 1 is 1.78 bits per heavy atom. The summed E-state index contributed by atoms with van der Waals surface area (Å²) in [5.41, 5.74) is 1.13. The van der Waals surface area contributed by atoms with Gasteiger partial charge in [0, 0.05) is 12.6 Å². The highest BCUT2D eigenvalue weighted by Crippen LogP contribution is 2.01. The summed E-state index contributed by atoms with van der Waals surface area (Å²) in [5.74, 6) is 0. The van der Waals surface area contributed by atoms with Crippen LogP contribution in [0.4, 0.5) is 0 Å². The molecule has 1 atom stereocenters. The van der Waals surface area contributed by atoms with Crippen molar-refractivity contribution in [1.29, 1.82) is 0 Å². The molecule has 48 valence electrons. The second-order valence-corrected chi connectivity index (χ2v) is 2.16. The highest BCUT2D eigenvalue weighted by molar-refractivity contribution is 5.24. The van der Waals surface area contributed by atoms with Crippen LogP contribution >= 0.6 is 0 Å². The van der Waals surface area contributed by atoms with Crippen molar-refractivity contribution in [2.45, 2.75) is 6.04 Å². The lowest BCUT2D eigenvalue weighted by Gasteiger charge is -2.15. The van der Waals surface area contributed by atoms with Gasteiger partial charge < -0.3 is 5.32 Å². The predicted octanol–water partition coefficient (Wildman–Crippen LogP) is 1.26. The molecule has 1 nitrogen and oxygen atoms in total. The Labute approximate surface area is 55.8 Å². The Kier molecular flexibility index (Phi) is 1.85. The molecule has 9 heavy (non-hydrogen) atoms. The molecule has 0 amide bonds. The van der Waals surface area contributed by atoms with E-state index in [1.54, 1.807) is 0 Å². The number of nitrogens with one attached hydrogen (secondary N) is 1. The minimum Gasteiger partial charge on any atom is -0.303 e. The molecular weight excluding hydrogens is 110 g/mol. The van der Waals surface area contributed by atoms with E-state index in [-0.39, 0.29) is 0 Å². The molecule has 1 heterocycles. The summed E-state index contributed by atoms with van der Waals surface area (Å²) in [5, 5.41) is 3.21. The Hall–Kier alpha value is -0.820. The molecule has 0 aromatic carbocycles. The zero-order chi connectivity index (χ0) is 6.69. The van der Waals surface area contributed by atoms with E-state index in [0.29, 0.717) is 6.04 Å². The predicted molar refractivity (Wildman–Crippen MR) is 40.3 cm³/mol. The van der Waals surface area contributed by atoms with Gasteiger partial charge in [-0.05, 0) is 5.57 Å². The number of rotatable bonds is 1. The zero-order valence-corrected chi connectivity index (χ0v) is 5.43. The lowest BCUT2D eigenvalue weighted by atomic mass is 10.1. The zero-order valence-electron chi connectivity index (χ0n) is 5.43. The van der Waals surface area contributed by atoms with E-state index >= 15 is 0 Å². The average Bonchev–Trinajstić information content (AvgIpc) is 1.90. The van der Waals surface area contributed by atoms with Crippen LogP contribution in [0.1, 0.15) is 0 Å². The summed E-state index contributed by atoms with van der Waals surface area (Å²) >= 11 is 0. The molecule has 0 aliphatic carbocycles. The summed E-state index contributed by atoms with van der Waals surface area (Å²) in [6.07, 6.45) is 5.96. The van der Waals surface area contributed by atoms with Crippen molar-refractivity contribution < 1.29 is 0 Å². The van der Waals surface area contributed by atoms with Gasteiger partial charge in [-0.1, -0.05) is 24.8 Å². The maximum atomic E-state index is 3.80. The summed E-state index contributed by atoms with van der Waals surface area (Å²) < 4.78 is 0. The molecule has 0 fully saturated rings. The van der Waals surface area contributed by atoms with Crippen LogP contribution in [-0.2, 0) is 0 Å². The van der Waals surface area contributed by atoms with Crippen LogP contribution in [0, 0.1) is 0 Å². The van der Waals surface area contributed by atoms with Gasteiger partial charge in [-0.15, -0.1) is 6.58 Å². The number of hydrogen-bond acceptors (Lipinski definition) is 1. The SMILES string of the molecule is C=C[C@@H]1C=CC(=C)CN1. The van der Waals surface area contributed by atoms with Crippen LogP contribution in [0.5, 0.6) is 0 Å². The van der Waals surface area contributed by atoms with Gasteiger partial charge in [-0.2, -0.15) is 0 Å². The van der Waals surface area contributed by atoms with Crippen molar-refractivity contribution in [2.24, 2.45) is 0 Å². The Morgan fingerprint density at radius 2 is 2.56 bits per heavy atom. The van der Waals surface area contributed by atoms with Crippen molar-refractivity contribution in [1.82, 2.24) is 5.32 Å². The Bertz CT molecular complexity index is 156. The standard InChI is InChI=1S/C8H11N/c1-3-8-5-4-7(2)6-9-8/h3-5,8-9H,1-2,6H2/t8-/m1/s1. The molecule has 0 aromatic rings. The Balaban J connectivity index is 2.57. The second-order valence-electron chi connectivity index (χ2n) is 2.16. The molecule has 0 saturated carbocycles. The van der Waals surface area contributed by atoms with Gasteiger partial charge in [-0.3, -0.25) is 0 Å². The van der Waals surface area contributed by atoms with E-state index < -0.39 is 0 Å². The summed E-state index contributed by atoms with van der Waals surface area (Å²) in [7, 11) is 0. The lowest BCUT2D eigenvalue weighted by molar-refractivity contribution is 0.709. The van der Waals surface area contributed by atoms with Crippen molar-refractivity contribution in [3.63, 3.8) is 0 Å². The molecule has 1 rings (SSSR count). The van der Waals surface area contributed by atoms with Crippen LogP contribution in [0.25, 0.3) is 0 Å². The largest absolute Gasteiger partial charge is 0.303 e. The third-order valence-corrected chi connectivity index (χ3v) is 1.36. The third-order valence-electron chi connectivity index (χ3n) is 1.36. The fourth-order valence-electron chi connectivity index (χ4n) is 0.778.